The van der Waals surface area contributed by atoms with Gasteiger partial charge >= 0.3 is 5.97 Å². The molecular formula is C27H26N2O5. The van der Waals surface area contributed by atoms with Crippen LogP contribution in [0.25, 0.3) is 6.08 Å². The van der Waals surface area contributed by atoms with Gasteiger partial charge in [-0.15, -0.1) is 0 Å². The number of ether oxygens (including phenoxy) is 1. The SMILES string of the molecule is CC(C)(C)c1ccc(C(=O)N/C(=C/c2cccc([N+](=O)[O-])c2)C(=O)OCc2ccccc2)cc1. The molecule has 1 N–H and O–H groups in total. The van der Waals surface area contributed by atoms with Crippen LogP contribution < -0.4 is 5.32 Å². The second kappa shape index (κ2) is 10.6. The maximum atomic E-state index is 12.9. The second-order valence-electron chi connectivity index (χ2n) is 8.75. The number of non-ortho nitro benzene ring substituents is 1. The van der Waals surface area contributed by atoms with E-state index in [1.165, 1.54) is 24.3 Å². The number of nitro benzene ring substituents is 1. The van der Waals surface area contributed by atoms with Crippen LogP contribution in [0.3, 0.4) is 0 Å². The normalized spacial score (nSPS) is 11.6. The van der Waals surface area contributed by atoms with E-state index >= 15 is 0 Å². The molecular weight excluding hydrogens is 432 g/mol. The van der Waals surface area contributed by atoms with Crippen molar-refractivity contribution in [2.45, 2.75) is 32.8 Å². The summed E-state index contributed by atoms with van der Waals surface area (Å²) >= 11 is 0. The van der Waals surface area contributed by atoms with Crippen LogP contribution in [-0.4, -0.2) is 16.8 Å². The third-order valence-corrected chi connectivity index (χ3v) is 5.09. The number of carbonyl (C=O) groups is 2. The standard InChI is InChI=1S/C27H26N2O5/c1-27(2,3)22-14-12-21(13-15-22)25(30)28-24(17-20-10-7-11-23(16-20)29(32)33)26(31)34-18-19-8-5-4-6-9-19/h4-17H,18H2,1-3H3,(H,28,30)/b24-17+. The predicted octanol–water partition coefficient (Wildman–Crippen LogP) is 5.41. The molecule has 3 rings (SSSR count). The highest BCUT2D eigenvalue weighted by molar-refractivity contribution is 6.03. The van der Waals surface area contributed by atoms with E-state index in [-0.39, 0.29) is 23.4 Å². The number of hydrogen-bond donors (Lipinski definition) is 1. The van der Waals surface area contributed by atoms with E-state index < -0.39 is 16.8 Å². The van der Waals surface area contributed by atoms with Crippen molar-refractivity contribution in [3.63, 3.8) is 0 Å². The number of esters is 1. The summed E-state index contributed by atoms with van der Waals surface area (Å²) in [6.07, 6.45) is 1.36. The summed E-state index contributed by atoms with van der Waals surface area (Å²) in [4.78, 5) is 36.3. The number of nitro groups is 1. The van der Waals surface area contributed by atoms with E-state index in [1.807, 2.05) is 42.5 Å². The van der Waals surface area contributed by atoms with Crippen molar-refractivity contribution in [1.29, 1.82) is 0 Å². The lowest BCUT2D eigenvalue weighted by molar-refractivity contribution is -0.384. The molecule has 3 aromatic rings. The summed E-state index contributed by atoms with van der Waals surface area (Å²) in [6, 6.07) is 22.0. The Balaban J connectivity index is 1.86. The van der Waals surface area contributed by atoms with Crippen molar-refractivity contribution in [1.82, 2.24) is 5.32 Å². The number of nitrogens with zero attached hydrogens (tertiary/aromatic N) is 1. The average molecular weight is 459 g/mol. The molecule has 3 aromatic carbocycles. The van der Waals surface area contributed by atoms with Crippen molar-refractivity contribution in [2.24, 2.45) is 0 Å². The number of rotatable bonds is 7. The van der Waals surface area contributed by atoms with E-state index in [0.717, 1.165) is 11.1 Å². The zero-order valence-corrected chi connectivity index (χ0v) is 19.3. The van der Waals surface area contributed by atoms with Gasteiger partial charge in [0.1, 0.15) is 12.3 Å². The molecule has 0 saturated heterocycles. The first-order valence-electron chi connectivity index (χ1n) is 10.7. The van der Waals surface area contributed by atoms with E-state index in [1.54, 1.807) is 18.2 Å². The molecule has 0 aliphatic carbocycles. The highest BCUT2D eigenvalue weighted by Crippen LogP contribution is 2.22. The van der Waals surface area contributed by atoms with Gasteiger partial charge in [-0.2, -0.15) is 0 Å². The fourth-order valence-corrected chi connectivity index (χ4v) is 3.16. The number of nitrogens with one attached hydrogen (secondary N) is 1. The van der Waals surface area contributed by atoms with Gasteiger partial charge < -0.3 is 10.1 Å². The fraction of sp³-hybridized carbons (Fsp3) is 0.185. The number of hydrogen-bond acceptors (Lipinski definition) is 5. The van der Waals surface area contributed by atoms with Gasteiger partial charge in [0.15, 0.2) is 0 Å². The molecule has 34 heavy (non-hydrogen) atoms. The Kier molecular flexibility index (Phi) is 7.58. The van der Waals surface area contributed by atoms with E-state index in [9.17, 15) is 19.7 Å². The van der Waals surface area contributed by atoms with Crippen LogP contribution in [0.4, 0.5) is 5.69 Å². The zero-order chi connectivity index (χ0) is 24.7. The first kappa shape index (κ1) is 24.4. The summed E-state index contributed by atoms with van der Waals surface area (Å²) in [7, 11) is 0. The van der Waals surface area contributed by atoms with Crippen molar-refractivity contribution in [3.8, 4) is 0 Å². The van der Waals surface area contributed by atoms with Gasteiger partial charge in [0.2, 0.25) is 0 Å². The lowest BCUT2D eigenvalue weighted by Gasteiger charge is -2.19. The second-order valence-corrected chi connectivity index (χ2v) is 8.75. The quantitative estimate of drug-likeness (QED) is 0.221. The molecule has 7 heteroatoms. The van der Waals surface area contributed by atoms with E-state index in [2.05, 4.69) is 26.1 Å². The third kappa shape index (κ3) is 6.62. The van der Waals surface area contributed by atoms with Crippen LogP contribution >= 0.6 is 0 Å². The van der Waals surface area contributed by atoms with Crippen LogP contribution in [0.2, 0.25) is 0 Å². The Morgan fingerprint density at radius 2 is 1.65 bits per heavy atom. The topological polar surface area (TPSA) is 98.5 Å². The number of benzene rings is 3. The van der Waals surface area contributed by atoms with Crippen LogP contribution in [0, 0.1) is 10.1 Å². The summed E-state index contributed by atoms with van der Waals surface area (Å²) < 4.78 is 5.38. The predicted molar refractivity (Wildman–Crippen MR) is 130 cm³/mol. The summed E-state index contributed by atoms with van der Waals surface area (Å²) in [5, 5.41) is 13.7. The molecule has 0 bridgehead atoms. The van der Waals surface area contributed by atoms with Gasteiger partial charge in [0.05, 0.1) is 4.92 Å². The van der Waals surface area contributed by atoms with Crippen molar-refractivity contribution in [3.05, 3.63) is 117 Å². The fourth-order valence-electron chi connectivity index (χ4n) is 3.16. The van der Waals surface area contributed by atoms with Crippen molar-refractivity contribution >= 4 is 23.6 Å². The van der Waals surface area contributed by atoms with Gasteiger partial charge in [0, 0.05) is 17.7 Å². The van der Waals surface area contributed by atoms with Crippen LogP contribution in [0.1, 0.15) is 47.8 Å². The Labute approximate surface area is 198 Å². The molecule has 0 aliphatic rings. The van der Waals surface area contributed by atoms with Gasteiger partial charge in [-0.3, -0.25) is 14.9 Å². The molecule has 1 amide bonds. The van der Waals surface area contributed by atoms with Crippen LogP contribution in [0.15, 0.2) is 84.6 Å². The smallest absolute Gasteiger partial charge is 0.355 e. The molecule has 7 nitrogen and oxygen atoms in total. The maximum Gasteiger partial charge on any atom is 0.355 e. The van der Waals surface area contributed by atoms with Crippen LogP contribution in [-0.2, 0) is 21.6 Å². The van der Waals surface area contributed by atoms with Gasteiger partial charge in [-0.05, 0) is 40.3 Å². The molecule has 0 aromatic heterocycles. The molecule has 0 aliphatic heterocycles. The van der Waals surface area contributed by atoms with Crippen LogP contribution in [0.5, 0.6) is 0 Å². The minimum absolute atomic E-state index is 0.0160. The average Bonchev–Trinajstić information content (AvgIpc) is 2.82. The van der Waals surface area contributed by atoms with Gasteiger partial charge in [0.25, 0.3) is 11.6 Å². The molecule has 174 valence electrons. The third-order valence-electron chi connectivity index (χ3n) is 5.09. The molecule has 0 unspecified atom stereocenters. The Morgan fingerprint density at radius 3 is 2.26 bits per heavy atom. The Bertz CT molecular complexity index is 1210. The number of carbonyl (C=O) groups excluding carboxylic acids is 2. The molecule has 0 radical (unpaired) electrons. The summed E-state index contributed by atoms with van der Waals surface area (Å²) in [5.41, 5.74) is 2.28. The first-order valence-corrected chi connectivity index (χ1v) is 10.7. The highest BCUT2D eigenvalue weighted by Gasteiger charge is 2.18. The molecule has 0 spiro atoms. The van der Waals surface area contributed by atoms with E-state index in [0.29, 0.717) is 11.1 Å². The highest BCUT2D eigenvalue weighted by atomic mass is 16.6. The number of amides is 1. The maximum absolute atomic E-state index is 12.9. The minimum atomic E-state index is -0.755. The van der Waals surface area contributed by atoms with Gasteiger partial charge in [-0.1, -0.05) is 75.4 Å². The van der Waals surface area contributed by atoms with Crippen molar-refractivity contribution in [2.75, 3.05) is 0 Å². The summed E-state index contributed by atoms with van der Waals surface area (Å²) in [5.74, 6) is -1.25. The summed E-state index contributed by atoms with van der Waals surface area (Å²) in [6.45, 7) is 6.24. The monoisotopic (exact) mass is 458 g/mol. The largest absolute Gasteiger partial charge is 0.456 e. The van der Waals surface area contributed by atoms with E-state index in [4.69, 9.17) is 4.74 Å². The lowest BCUT2D eigenvalue weighted by atomic mass is 9.87. The molecule has 0 fully saturated rings. The molecule has 0 heterocycles. The molecule has 0 saturated carbocycles. The van der Waals surface area contributed by atoms with Crippen molar-refractivity contribution < 1.29 is 19.2 Å². The Morgan fingerprint density at radius 1 is 0.971 bits per heavy atom. The lowest BCUT2D eigenvalue weighted by Crippen LogP contribution is -2.28. The Hall–Kier alpha value is -4.26. The van der Waals surface area contributed by atoms with Gasteiger partial charge in [-0.25, -0.2) is 4.79 Å². The minimum Gasteiger partial charge on any atom is -0.456 e. The zero-order valence-electron chi connectivity index (χ0n) is 19.3. The first-order chi connectivity index (χ1) is 16.1. The molecule has 0 atom stereocenters.